The van der Waals surface area contributed by atoms with Crippen LogP contribution in [0.2, 0.25) is 0 Å². The summed E-state index contributed by atoms with van der Waals surface area (Å²) in [4.78, 5) is 21.3. The minimum Gasteiger partial charge on any atom is -0.478 e. The number of carboxylic acid groups (broad SMARTS) is 1. The van der Waals surface area contributed by atoms with Gasteiger partial charge < -0.3 is 10.4 Å². The standard InChI is InChI=1S/C16H16N2O4/c19-16(20)13-7-9-14(10-8-13)17-11-3-5-12-4-1-2-6-15(12)18(21)22/h1-2,4,6-10,17H,3,5,11H2,(H,19,20). The molecule has 0 spiro atoms. The van der Waals surface area contributed by atoms with Crippen LogP contribution in [0.5, 0.6) is 0 Å². The smallest absolute Gasteiger partial charge is 0.335 e. The first-order valence-electron chi connectivity index (χ1n) is 6.87. The highest BCUT2D eigenvalue weighted by Crippen LogP contribution is 2.19. The molecule has 0 atom stereocenters. The molecule has 0 saturated carbocycles. The summed E-state index contributed by atoms with van der Waals surface area (Å²) in [6.45, 7) is 0.651. The Bertz CT molecular complexity index is 668. The maximum atomic E-state index is 10.9. The lowest BCUT2D eigenvalue weighted by Crippen LogP contribution is -2.04. The first-order chi connectivity index (χ1) is 10.6. The van der Waals surface area contributed by atoms with Gasteiger partial charge in [0.25, 0.3) is 5.69 Å². The zero-order valence-electron chi connectivity index (χ0n) is 11.9. The van der Waals surface area contributed by atoms with Gasteiger partial charge in [-0.2, -0.15) is 0 Å². The number of aryl methyl sites for hydroxylation is 1. The van der Waals surface area contributed by atoms with E-state index in [0.29, 0.717) is 13.0 Å². The van der Waals surface area contributed by atoms with Crippen LogP contribution in [0, 0.1) is 10.1 Å². The highest BCUT2D eigenvalue weighted by atomic mass is 16.6. The Morgan fingerprint density at radius 2 is 1.82 bits per heavy atom. The van der Waals surface area contributed by atoms with E-state index in [-0.39, 0.29) is 16.2 Å². The van der Waals surface area contributed by atoms with Crippen molar-refractivity contribution >= 4 is 17.3 Å². The van der Waals surface area contributed by atoms with Crippen LogP contribution in [0.4, 0.5) is 11.4 Å². The summed E-state index contributed by atoms with van der Waals surface area (Å²) in [7, 11) is 0. The maximum Gasteiger partial charge on any atom is 0.335 e. The fourth-order valence-electron chi connectivity index (χ4n) is 2.14. The van der Waals surface area contributed by atoms with E-state index >= 15 is 0 Å². The minimum atomic E-state index is -0.956. The minimum absolute atomic E-state index is 0.147. The summed E-state index contributed by atoms with van der Waals surface area (Å²) in [6, 6.07) is 13.2. The molecule has 0 amide bonds. The van der Waals surface area contributed by atoms with Gasteiger partial charge in [0.2, 0.25) is 0 Å². The molecular weight excluding hydrogens is 284 g/mol. The fraction of sp³-hybridized carbons (Fsp3) is 0.188. The molecule has 0 radical (unpaired) electrons. The highest BCUT2D eigenvalue weighted by molar-refractivity contribution is 5.87. The molecule has 0 saturated heterocycles. The number of hydrogen-bond acceptors (Lipinski definition) is 4. The average Bonchev–Trinajstić information content (AvgIpc) is 2.52. The summed E-state index contributed by atoms with van der Waals surface area (Å²) < 4.78 is 0. The van der Waals surface area contributed by atoms with Crippen LogP contribution in [-0.2, 0) is 6.42 Å². The molecule has 0 bridgehead atoms. The van der Waals surface area contributed by atoms with Gasteiger partial charge in [-0.05, 0) is 37.1 Å². The average molecular weight is 300 g/mol. The second-order valence-electron chi connectivity index (χ2n) is 4.80. The number of rotatable bonds is 7. The number of nitro benzene ring substituents is 1. The maximum absolute atomic E-state index is 10.9. The number of aromatic carboxylic acids is 1. The van der Waals surface area contributed by atoms with E-state index in [2.05, 4.69) is 5.32 Å². The normalized spacial score (nSPS) is 10.2. The summed E-state index contributed by atoms with van der Waals surface area (Å²) >= 11 is 0. The third kappa shape index (κ3) is 4.05. The quantitative estimate of drug-likeness (QED) is 0.465. The van der Waals surface area contributed by atoms with Crippen LogP contribution >= 0.6 is 0 Å². The lowest BCUT2D eigenvalue weighted by molar-refractivity contribution is -0.385. The van der Waals surface area contributed by atoms with Gasteiger partial charge in [-0.15, -0.1) is 0 Å². The van der Waals surface area contributed by atoms with Crippen molar-refractivity contribution < 1.29 is 14.8 Å². The number of nitro groups is 1. The largest absolute Gasteiger partial charge is 0.478 e. The van der Waals surface area contributed by atoms with Crippen molar-refractivity contribution in [2.75, 3.05) is 11.9 Å². The molecule has 0 aliphatic rings. The van der Waals surface area contributed by atoms with Gasteiger partial charge >= 0.3 is 5.97 Å². The van der Waals surface area contributed by atoms with E-state index in [1.807, 2.05) is 0 Å². The van der Waals surface area contributed by atoms with Crippen LogP contribution in [0.25, 0.3) is 0 Å². The predicted molar refractivity (Wildman–Crippen MR) is 83.3 cm³/mol. The van der Waals surface area contributed by atoms with E-state index in [1.54, 1.807) is 30.3 Å². The number of para-hydroxylation sites is 1. The van der Waals surface area contributed by atoms with Crippen molar-refractivity contribution in [3.05, 3.63) is 69.8 Å². The van der Waals surface area contributed by atoms with Crippen LogP contribution < -0.4 is 5.32 Å². The first kappa shape index (κ1) is 15.5. The molecule has 0 aliphatic carbocycles. The predicted octanol–water partition coefficient (Wildman–Crippen LogP) is 3.34. The third-order valence-corrected chi connectivity index (χ3v) is 3.27. The summed E-state index contributed by atoms with van der Waals surface area (Å²) in [5, 5.41) is 22.9. The zero-order chi connectivity index (χ0) is 15.9. The summed E-state index contributed by atoms with van der Waals surface area (Å²) in [5.41, 5.74) is 1.93. The first-order valence-corrected chi connectivity index (χ1v) is 6.87. The van der Waals surface area contributed by atoms with Gasteiger partial charge in [0.05, 0.1) is 10.5 Å². The molecule has 0 aliphatic heterocycles. The number of hydrogen-bond donors (Lipinski definition) is 2. The molecule has 2 aromatic rings. The SMILES string of the molecule is O=C(O)c1ccc(NCCCc2ccccc2[N+](=O)[O-])cc1. The molecule has 22 heavy (non-hydrogen) atoms. The number of nitrogens with one attached hydrogen (secondary N) is 1. The Kier molecular flexibility index (Phi) is 5.08. The van der Waals surface area contributed by atoms with Crippen LogP contribution in [0.3, 0.4) is 0 Å². The van der Waals surface area contributed by atoms with Gasteiger partial charge in [-0.25, -0.2) is 4.79 Å². The van der Waals surface area contributed by atoms with Crippen LogP contribution in [0.1, 0.15) is 22.3 Å². The molecule has 2 aromatic carbocycles. The van der Waals surface area contributed by atoms with E-state index in [4.69, 9.17) is 5.11 Å². The van der Waals surface area contributed by atoms with Crippen molar-refractivity contribution in [1.82, 2.24) is 0 Å². The van der Waals surface area contributed by atoms with Crippen LogP contribution in [-0.4, -0.2) is 22.5 Å². The van der Waals surface area contributed by atoms with Gasteiger partial charge in [0.1, 0.15) is 0 Å². The molecule has 0 fully saturated rings. The van der Waals surface area contributed by atoms with Crippen molar-refractivity contribution in [2.45, 2.75) is 12.8 Å². The van der Waals surface area contributed by atoms with E-state index in [0.717, 1.165) is 17.7 Å². The second kappa shape index (κ2) is 7.21. The fourth-order valence-corrected chi connectivity index (χ4v) is 2.14. The third-order valence-electron chi connectivity index (χ3n) is 3.27. The lowest BCUT2D eigenvalue weighted by atomic mass is 10.1. The van der Waals surface area contributed by atoms with Crippen LogP contribution in [0.15, 0.2) is 48.5 Å². The Morgan fingerprint density at radius 1 is 1.14 bits per heavy atom. The summed E-state index contributed by atoms with van der Waals surface area (Å²) in [5.74, 6) is -0.956. The molecule has 0 unspecified atom stereocenters. The molecule has 2 rings (SSSR count). The van der Waals surface area contributed by atoms with Crippen molar-refractivity contribution in [2.24, 2.45) is 0 Å². The highest BCUT2D eigenvalue weighted by Gasteiger charge is 2.11. The molecular formula is C16H16N2O4. The Labute approximate surface area is 127 Å². The molecule has 0 heterocycles. The van der Waals surface area contributed by atoms with Gasteiger partial charge in [0, 0.05) is 23.9 Å². The van der Waals surface area contributed by atoms with Gasteiger partial charge in [0.15, 0.2) is 0 Å². The summed E-state index contributed by atoms with van der Waals surface area (Å²) in [6.07, 6.45) is 1.35. The van der Waals surface area contributed by atoms with Crippen molar-refractivity contribution in [3.8, 4) is 0 Å². The Balaban J connectivity index is 1.85. The topological polar surface area (TPSA) is 92.5 Å². The molecule has 0 aromatic heterocycles. The van der Waals surface area contributed by atoms with Gasteiger partial charge in [-0.3, -0.25) is 10.1 Å². The number of nitrogens with zero attached hydrogens (tertiary/aromatic N) is 1. The van der Waals surface area contributed by atoms with Gasteiger partial charge in [-0.1, -0.05) is 18.2 Å². The molecule has 6 heteroatoms. The lowest BCUT2D eigenvalue weighted by Gasteiger charge is -2.07. The van der Waals surface area contributed by atoms with E-state index in [1.165, 1.54) is 18.2 Å². The molecule has 2 N–H and O–H groups in total. The monoisotopic (exact) mass is 300 g/mol. The number of carboxylic acids is 1. The Hall–Kier alpha value is -2.89. The van der Waals surface area contributed by atoms with E-state index in [9.17, 15) is 14.9 Å². The van der Waals surface area contributed by atoms with Crippen molar-refractivity contribution in [1.29, 1.82) is 0 Å². The Morgan fingerprint density at radius 3 is 2.45 bits per heavy atom. The van der Waals surface area contributed by atoms with E-state index < -0.39 is 5.97 Å². The molecule has 6 nitrogen and oxygen atoms in total. The second-order valence-corrected chi connectivity index (χ2v) is 4.80. The number of carbonyl (C=O) groups is 1. The number of anilines is 1. The van der Waals surface area contributed by atoms with Crippen molar-refractivity contribution in [3.63, 3.8) is 0 Å². The molecule has 114 valence electrons. The number of benzene rings is 2. The zero-order valence-corrected chi connectivity index (χ0v) is 11.9.